The van der Waals surface area contributed by atoms with Crippen molar-refractivity contribution >= 4 is 11.6 Å². The van der Waals surface area contributed by atoms with Crippen LogP contribution >= 0.6 is 0 Å². The fourth-order valence-electron chi connectivity index (χ4n) is 2.84. The summed E-state index contributed by atoms with van der Waals surface area (Å²) in [6, 6.07) is 2.11. The van der Waals surface area contributed by atoms with Crippen LogP contribution < -0.4 is 15.8 Å². The summed E-state index contributed by atoms with van der Waals surface area (Å²) in [5.74, 6) is 1.06. The molecule has 1 amide bonds. The zero-order valence-corrected chi connectivity index (χ0v) is 10.7. The molecule has 4 nitrogen and oxygen atoms in total. The fourth-order valence-corrected chi connectivity index (χ4v) is 2.84. The highest BCUT2D eigenvalue weighted by molar-refractivity contribution is 5.97. The molecule has 2 aliphatic rings. The third-order valence-electron chi connectivity index (χ3n) is 3.85. The van der Waals surface area contributed by atoms with Gasteiger partial charge in [-0.3, -0.25) is 4.79 Å². The number of carbonyl (C=O) groups excluding carboxylic acids is 1. The minimum absolute atomic E-state index is 0.00364. The maximum absolute atomic E-state index is 11.8. The van der Waals surface area contributed by atoms with Gasteiger partial charge in [-0.25, -0.2) is 0 Å². The lowest BCUT2D eigenvalue weighted by molar-refractivity contribution is -0.119. The molecule has 2 aliphatic heterocycles. The second kappa shape index (κ2) is 3.99. The van der Waals surface area contributed by atoms with E-state index in [0.29, 0.717) is 6.54 Å². The van der Waals surface area contributed by atoms with Crippen LogP contribution in [0.4, 0.5) is 5.69 Å². The minimum Gasteiger partial charge on any atom is -0.488 e. The first-order valence-corrected chi connectivity index (χ1v) is 6.43. The van der Waals surface area contributed by atoms with E-state index in [4.69, 9.17) is 10.5 Å². The summed E-state index contributed by atoms with van der Waals surface area (Å²) in [7, 11) is 0. The Morgan fingerprint density at radius 1 is 1.50 bits per heavy atom. The molecular weight excluding hydrogens is 228 g/mol. The number of hydrogen-bond acceptors (Lipinski definition) is 3. The first kappa shape index (κ1) is 11.5. The second-order valence-electron chi connectivity index (χ2n) is 5.31. The van der Waals surface area contributed by atoms with Gasteiger partial charge in [0.25, 0.3) is 0 Å². The summed E-state index contributed by atoms with van der Waals surface area (Å²) >= 11 is 0. The monoisotopic (exact) mass is 246 g/mol. The van der Waals surface area contributed by atoms with Gasteiger partial charge < -0.3 is 15.8 Å². The number of nitrogens with one attached hydrogen (secondary N) is 1. The zero-order valence-electron chi connectivity index (χ0n) is 10.7. The first-order chi connectivity index (χ1) is 8.60. The molecule has 3 rings (SSSR count). The fraction of sp³-hybridized carbons (Fsp3) is 0.500. The van der Waals surface area contributed by atoms with E-state index in [0.717, 1.165) is 35.4 Å². The molecule has 0 aliphatic carbocycles. The molecular formula is C14H18N2O2. The molecule has 4 heteroatoms. The van der Waals surface area contributed by atoms with E-state index in [9.17, 15) is 4.79 Å². The Morgan fingerprint density at radius 3 is 3.00 bits per heavy atom. The molecule has 0 aromatic heterocycles. The molecule has 2 atom stereocenters. The summed E-state index contributed by atoms with van der Waals surface area (Å²) in [6.45, 7) is 4.51. The molecule has 3 N–H and O–H groups in total. The number of ether oxygens (including phenoxy) is 1. The molecule has 0 bridgehead atoms. The predicted octanol–water partition coefficient (Wildman–Crippen LogP) is 1.39. The number of anilines is 1. The summed E-state index contributed by atoms with van der Waals surface area (Å²) in [5, 5.41) is 2.99. The molecule has 0 fully saturated rings. The van der Waals surface area contributed by atoms with Crippen molar-refractivity contribution < 1.29 is 9.53 Å². The van der Waals surface area contributed by atoms with Crippen molar-refractivity contribution in [2.24, 2.45) is 11.7 Å². The van der Waals surface area contributed by atoms with Gasteiger partial charge in [0.05, 0.1) is 5.69 Å². The second-order valence-corrected chi connectivity index (χ2v) is 5.31. The van der Waals surface area contributed by atoms with E-state index in [-0.39, 0.29) is 17.9 Å². The van der Waals surface area contributed by atoms with E-state index in [1.807, 2.05) is 13.8 Å². The molecule has 0 saturated heterocycles. The summed E-state index contributed by atoms with van der Waals surface area (Å²) in [6.07, 6.45) is 1.71. The largest absolute Gasteiger partial charge is 0.488 e. The van der Waals surface area contributed by atoms with Crippen LogP contribution in [0.2, 0.25) is 0 Å². The Labute approximate surface area is 107 Å². The van der Waals surface area contributed by atoms with Crippen molar-refractivity contribution in [3.63, 3.8) is 0 Å². The standard InChI is InChI=1S/C14H18N2O2/c1-7-3-9-5-10(6-15)18-13(9)11-4-8(2)14(17)16-12(7)11/h3,8,10H,4-6,15H2,1-2H3,(H,16,17). The molecule has 2 heterocycles. The Hall–Kier alpha value is -1.55. The minimum atomic E-state index is 0.00364. The van der Waals surface area contributed by atoms with Crippen LogP contribution in [0.1, 0.15) is 23.6 Å². The third-order valence-corrected chi connectivity index (χ3v) is 3.85. The number of nitrogens with two attached hydrogens (primary N) is 1. The van der Waals surface area contributed by atoms with E-state index >= 15 is 0 Å². The molecule has 0 saturated carbocycles. The van der Waals surface area contributed by atoms with Crippen molar-refractivity contribution in [3.8, 4) is 5.75 Å². The first-order valence-electron chi connectivity index (χ1n) is 6.43. The van der Waals surface area contributed by atoms with E-state index in [1.54, 1.807) is 0 Å². The van der Waals surface area contributed by atoms with Crippen LogP contribution in [0.15, 0.2) is 6.07 Å². The molecule has 1 aromatic rings. The lowest BCUT2D eigenvalue weighted by Gasteiger charge is -2.25. The molecule has 0 spiro atoms. The molecule has 96 valence electrons. The maximum Gasteiger partial charge on any atom is 0.227 e. The third kappa shape index (κ3) is 1.60. The SMILES string of the molecule is Cc1cc2c(c3c1NC(=O)C(C)C3)OC(CN)C2. The normalized spacial score (nSPS) is 25.2. The highest BCUT2D eigenvalue weighted by atomic mass is 16.5. The van der Waals surface area contributed by atoms with Crippen molar-refractivity contribution in [1.82, 2.24) is 0 Å². The van der Waals surface area contributed by atoms with Gasteiger partial charge in [0.2, 0.25) is 5.91 Å². The molecule has 0 radical (unpaired) electrons. The van der Waals surface area contributed by atoms with Gasteiger partial charge >= 0.3 is 0 Å². The van der Waals surface area contributed by atoms with Gasteiger partial charge in [-0.1, -0.05) is 13.0 Å². The Morgan fingerprint density at radius 2 is 2.28 bits per heavy atom. The van der Waals surface area contributed by atoms with Gasteiger partial charge in [-0.05, 0) is 24.5 Å². The van der Waals surface area contributed by atoms with Crippen LogP contribution in [-0.4, -0.2) is 18.6 Å². The van der Waals surface area contributed by atoms with Crippen LogP contribution in [-0.2, 0) is 17.6 Å². The maximum atomic E-state index is 11.8. The van der Waals surface area contributed by atoms with E-state index < -0.39 is 0 Å². The number of benzene rings is 1. The highest BCUT2D eigenvalue weighted by Gasteiger charge is 2.32. The van der Waals surface area contributed by atoms with Gasteiger partial charge in [-0.2, -0.15) is 0 Å². The molecule has 2 unspecified atom stereocenters. The summed E-state index contributed by atoms with van der Waals surface area (Å²) < 4.78 is 5.92. The van der Waals surface area contributed by atoms with Crippen LogP contribution in [0.3, 0.4) is 0 Å². The average molecular weight is 246 g/mol. The van der Waals surface area contributed by atoms with Gasteiger partial charge in [-0.15, -0.1) is 0 Å². The lowest BCUT2D eigenvalue weighted by atomic mass is 9.90. The van der Waals surface area contributed by atoms with Crippen molar-refractivity contribution in [2.75, 3.05) is 11.9 Å². The van der Waals surface area contributed by atoms with Gasteiger partial charge in [0.1, 0.15) is 11.9 Å². The summed E-state index contributed by atoms with van der Waals surface area (Å²) in [4.78, 5) is 11.8. The van der Waals surface area contributed by atoms with Crippen molar-refractivity contribution in [2.45, 2.75) is 32.8 Å². The topological polar surface area (TPSA) is 64.3 Å². The number of fused-ring (bicyclic) bond motifs is 3. The number of amides is 1. The zero-order chi connectivity index (χ0) is 12.9. The quantitative estimate of drug-likeness (QED) is 0.787. The number of carbonyl (C=O) groups is 1. The van der Waals surface area contributed by atoms with Crippen LogP contribution in [0.25, 0.3) is 0 Å². The summed E-state index contributed by atoms with van der Waals surface area (Å²) in [5.41, 5.74) is 10.1. The average Bonchev–Trinajstić information content (AvgIpc) is 2.75. The number of hydrogen-bond donors (Lipinski definition) is 2. The Balaban J connectivity index is 2.10. The van der Waals surface area contributed by atoms with Gasteiger partial charge in [0.15, 0.2) is 0 Å². The molecule has 1 aromatic carbocycles. The highest BCUT2D eigenvalue weighted by Crippen LogP contribution is 2.42. The van der Waals surface area contributed by atoms with Crippen LogP contribution in [0, 0.1) is 12.8 Å². The van der Waals surface area contributed by atoms with E-state index in [1.165, 1.54) is 5.56 Å². The lowest BCUT2D eigenvalue weighted by Crippen LogP contribution is -2.29. The number of rotatable bonds is 1. The van der Waals surface area contributed by atoms with Crippen molar-refractivity contribution in [3.05, 3.63) is 22.8 Å². The Kier molecular flexibility index (Phi) is 2.55. The van der Waals surface area contributed by atoms with Crippen LogP contribution in [0.5, 0.6) is 5.75 Å². The number of aryl methyl sites for hydroxylation is 1. The predicted molar refractivity (Wildman–Crippen MR) is 69.9 cm³/mol. The van der Waals surface area contributed by atoms with Gasteiger partial charge in [0, 0.05) is 24.4 Å². The Bertz CT molecular complexity index is 525. The van der Waals surface area contributed by atoms with Crippen molar-refractivity contribution in [1.29, 1.82) is 0 Å². The molecule has 18 heavy (non-hydrogen) atoms. The van der Waals surface area contributed by atoms with E-state index in [2.05, 4.69) is 11.4 Å². The smallest absolute Gasteiger partial charge is 0.227 e.